The van der Waals surface area contributed by atoms with Crippen molar-refractivity contribution in [1.29, 1.82) is 0 Å². The normalized spacial score (nSPS) is 17.6. The van der Waals surface area contributed by atoms with E-state index >= 15 is 0 Å². The van der Waals surface area contributed by atoms with E-state index in [2.05, 4.69) is 12.1 Å². The molecule has 144 valence electrons. The first-order chi connectivity index (χ1) is 12.5. The van der Waals surface area contributed by atoms with Crippen LogP contribution in [0.25, 0.3) is 0 Å². The zero-order valence-electron chi connectivity index (χ0n) is 15.7. The van der Waals surface area contributed by atoms with Gasteiger partial charge in [0.2, 0.25) is 0 Å². The Morgan fingerprint density at radius 1 is 1.42 bits per heavy atom. The van der Waals surface area contributed by atoms with Gasteiger partial charge in [-0.05, 0) is 24.6 Å². The average Bonchev–Trinajstić information content (AvgIpc) is 3.08. The van der Waals surface area contributed by atoms with E-state index in [1.807, 2.05) is 13.8 Å². The molecule has 0 fully saturated rings. The molecule has 0 N–H and O–H groups in total. The predicted molar refractivity (Wildman–Crippen MR) is 99.9 cm³/mol. The van der Waals surface area contributed by atoms with Crippen molar-refractivity contribution in [3.05, 3.63) is 28.8 Å². The van der Waals surface area contributed by atoms with Crippen LogP contribution in [-0.2, 0) is 19.1 Å². The van der Waals surface area contributed by atoms with Gasteiger partial charge < -0.3 is 19.0 Å². The molecule has 0 bridgehead atoms. The van der Waals surface area contributed by atoms with Gasteiger partial charge in [-0.15, -0.1) is 0 Å². The molecule has 0 radical (unpaired) electrons. The van der Waals surface area contributed by atoms with Crippen LogP contribution in [0.15, 0.2) is 23.4 Å². The van der Waals surface area contributed by atoms with Gasteiger partial charge in [-0.1, -0.05) is 43.9 Å². The van der Waals surface area contributed by atoms with Crippen LogP contribution in [0.3, 0.4) is 0 Å². The molecule has 7 heteroatoms. The largest absolute Gasteiger partial charge is 0.478 e. The van der Waals surface area contributed by atoms with E-state index in [-0.39, 0.29) is 12.0 Å². The van der Waals surface area contributed by atoms with Crippen molar-refractivity contribution >= 4 is 23.3 Å². The van der Waals surface area contributed by atoms with Gasteiger partial charge in [-0.3, -0.25) is 0 Å². The highest BCUT2D eigenvalue weighted by atomic mass is 35.5. The summed E-state index contributed by atoms with van der Waals surface area (Å²) in [7, 11) is 1.34. The van der Waals surface area contributed by atoms with Gasteiger partial charge in [-0.2, -0.15) is 0 Å². The molecule has 1 unspecified atom stereocenters. The van der Waals surface area contributed by atoms with Gasteiger partial charge in [0.05, 0.1) is 7.11 Å². The number of hydrogen-bond donors (Lipinski definition) is 0. The molecule has 1 aliphatic rings. The van der Waals surface area contributed by atoms with Crippen molar-refractivity contribution in [2.45, 2.75) is 45.8 Å². The SMILES string of the molecule is CCCCOC1CON=C1c1cc(Cl)ccc1O[C@H](C(=O)OC)C(C)C. The fraction of sp³-hybridized carbons (Fsp3) is 0.579. The van der Waals surface area contributed by atoms with Crippen LogP contribution in [0, 0.1) is 5.92 Å². The maximum Gasteiger partial charge on any atom is 0.347 e. The predicted octanol–water partition coefficient (Wildman–Crippen LogP) is 3.84. The minimum Gasteiger partial charge on any atom is -0.478 e. The van der Waals surface area contributed by atoms with E-state index in [0.29, 0.717) is 35.3 Å². The number of nitrogens with zero attached hydrogens (tertiary/aromatic N) is 1. The molecule has 1 aliphatic heterocycles. The summed E-state index contributed by atoms with van der Waals surface area (Å²) in [6.45, 7) is 6.85. The fourth-order valence-corrected chi connectivity index (χ4v) is 2.72. The first-order valence-corrected chi connectivity index (χ1v) is 9.21. The van der Waals surface area contributed by atoms with Crippen molar-refractivity contribution in [3.63, 3.8) is 0 Å². The number of carbonyl (C=O) groups is 1. The number of ether oxygens (including phenoxy) is 3. The number of rotatable bonds is 9. The minimum absolute atomic E-state index is 0.0654. The van der Waals surface area contributed by atoms with Gasteiger partial charge in [0.25, 0.3) is 0 Å². The smallest absolute Gasteiger partial charge is 0.347 e. The van der Waals surface area contributed by atoms with E-state index in [0.717, 1.165) is 12.8 Å². The quantitative estimate of drug-likeness (QED) is 0.479. The van der Waals surface area contributed by atoms with Crippen molar-refractivity contribution in [2.75, 3.05) is 20.3 Å². The minimum atomic E-state index is -0.734. The Kier molecular flexibility index (Phi) is 7.72. The second kappa shape index (κ2) is 9.78. The van der Waals surface area contributed by atoms with Crippen LogP contribution in [0.1, 0.15) is 39.2 Å². The van der Waals surface area contributed by atoms with E-state index in [1.54, 1.807) is 18.2 Å². The highest BCUT2D eigenvalue weighted by molar-refractivity contribution is 6.31. The summed E-state index contributed by atoms with van der Waals surface area (Å²) in [4.78, 5) is 17.3. The highest BCUT2D eigenvalue weighted by Gasteiger charge is 2.31. The lowest BCUT2D eigenvalue weighted by Crippen LogP contribution is -2.34. The maximum absolute atomic E-state index is 12.0. The fourth-order valence-electron chi connectivity index (χ4n) is 2.55. The van der Waals surface area contributed by atoms with E-state index in [4.69, 9.17) is 30.6 Å². The summed E-state index contributed by atoms with van der Waals surface area (Å²) >= 11 is 6.17. The van der Waals surface area contributed by atoms with Gasteiger partial charge in [0.1, 0.15) is 24.2 Å². The number of carbonyl (C=O) groups excluding carboxylic acids is 1. The number of hydrogen-bond acceptors (Lipinski definition) is 6. The monoisotopic (exact) mass is 383 g/mol. The molecule has 1 heterocycles. The first kappa shape index (κ1) is 20.5. The molecule has 0 amide bonds. The third-order valence-electron chi connectivity index (χ3n) is 4.02. The Morgan fingerprint density at radius 2 is 2.19 bits per heavy atom. The Hall–Kier alpha value is -1.79. The third-order valence-corrected chi connectivity index (χ3v) is 4.26. The summed E-state index contributed by atoms with van der Waals surface area (Å²) in [5, 5.41) is 4.66. The van der Waals surface area contributed by atoms with Crippen molar-refractivity contribution in [3.8, 4) is 5.75 Å². The van der Waals surface area contributed by atoms with Gasteiger partial charge >= 0.3 is 5.97 Å². The maximum atomic E-state index is 12.0. The second-order valence-electron chi connectivity index (χ2n) is 6.43. The van der Waals surface area contributed by atoms with E-state index < -0.39 is 12.1 Å². The van der Waals surface area contributed by atoms with Crippen molar-refractivity contribution < 1.29 is 23.8 Å². The van der Waals surface area contributed by atoms with E-state index in [9.17, 15) is 4.79 Å². The standard InChI is InChI=1S/C19H26ClNO5/c1-5-6-9-24-16-11-25-21-17(16)14-10-13(20)7-8-15(14)26-18(12(2)3)19(22)23-4/h7-8,10,12,16,18H,5-6,9,11H2,1-4H3/t16?,18-/m0/s1. The van der Waals surface area contributed by atoms with Crippen molar-refractivity contribution in [1.82, 2.24) is 0 Å². The van der Waals surface area contributed by atoms with E-state index in [1.165, 1.54) is 7.11 Å². The summed E-state index contributed by atoms with van der Waals surface area (Å²) in [6.07, 6.45) is 0.974. The molecule has 0 spiro atoms. The average molecular weight is 384 g/mol. The first-order valence-electron chi connectivity index (χ1n) is 8.83. The number of benzene rings is 1. The number of esters is 1. The summed E-state index contributed by atoms with van der Waals surface area (Å²) in [5.41, 5.74) is 1.28. The molecule has 26 heavy (non-hydrogen) atoms. The molecule has 0 saturated heterocycles. The Bertz CT molecular complexity index is 647. The van der Waals surface area contributed by atoms with Crippen LogP contribution < -0.4 is 4.74 Å². The van der Waals surface area contributed by atoms with Crippen LogP contribution in [0.2, 0.25) is 5.02 Å². The topological polar surface area (TPSA) is 66.3 Å². The summed E-state index contributed by atoms with van der Waals surface area (Å²) in [5.74, 6) is -0.00237. The van der Waals surface area contributed by atoms with Gasteiger partial charge in [-0.25, -0.2) is 4.79 Å². The molecule has 2 rings (SSSR count). The summed E-state index contributed by atoms with van der Waals surface area (Å²) < 4.78 is 16.7. The Balaban J connectivity index is 2.28. The Labute approximate surface area is 159 Å². The van der Waals surface area contributed by atoms with Crippen molar-refractivity contribution in [2.24, 2.45) is 11.1 Å². The van der Waals surface area contributed by atoms with Crippen LogP contribution >= 0.6 is 11.6 Å². The molecule has 6 nitrogen and oxygen atoms in total. The molecule has 0 aliphatic carbocycles. The lowest BCUT2D eigenvalue weighted by atomic mass is 10.0. The number of halogens is 1. The molecular weight excluding hydrogens is 358 g/mol. The highest BCUT2D eigenvalue weighted by Crippen LogP contribution is 2.29. The third kappa shape index (κ3) is 5.11. The molecule has 2 atom stereocenters. The summed E-state index contributed by atoms with van der Waals surface area (Å²) in [6, 6.07) is 5.17. The van der Waals surface area contributed by atoms with Gasteiger partial charge in [0.15, 0.2) is 6.10 Å². The number of oxime groups is 1. The molecule has 0 aromatic heterocycles. The molecule has 1 aromatic rings. The molecule has 1 aromatic carbocycles. The number of unbranched alkanes of at least 4 members (excludes halogenated alkanes) is 1. The zero-order valence-corrected chi connectivity index (χ0v) is 16.4. The molecule has 0 saturated carbocycles. The van der Waals surface area contributed by atoms with Crippen LogP contribution in [0.4, 0.5) is 0 Å². The van der Waals surface area contributed by atoms with Crippen LogP contribution in [-0.4, -0.2) is 44.2 Å². The number of methoxy groups -OCH3 is 1. The zero-order chi connectivity index (χ0) is 19.1. The van der Waals surface area contributed by atoms with Crippen LogP contribution in [0.5, 0.6) is 5.75 Å². The van der Waals surface area contributed by atoms with Gasteiger partial charge in [0, 0.05) is 23.1 Å². The molecular formula is C19H26ClNO5. The Morgan fingerprint density at radius 3 is 2.85 bits per heavy atom. The lowest BCUT2D eigenvalue weighted by molar-refractivity contribution is -0.150. The second-order valence-corrected chi connectivity index (χ2v) is 6.87. The lowest BCUT2D eigenvalue weighted by Gasteiger charge is -2.22.